The lowest BCUT2D eigenvalue weighted by Gasteiger charge is -1.91. The third-order valence-electron chi connectivity index (χ3n) is 2.63. The Balaban J connectivity index is 1.60. The highest BCUT2D eigenvalue weighted by atomic mass is 32.2. The molecule has 0 atom stereocenters. The Morgan fingerprint density at radius 3 is 3.11 bits per heavy atom. The highest BCUT2D eigenvalue weighted by Gasteiger charge is 2.27. The second-order valence-corrected chi connectivity index (χ2v) is 5.95. The molecule has 2 aromatic heterocycles. The molecule has 2 heterocycles. The van der Waals surface area contributed by atoms with E-state index in [0.29, 0.717) is 16.8 Å². The van der Waals surface area contributed by atoms with E-state index in [1.807, 2.05) is 0 Å². The average molecular weight is 282 g/mol. The smallest absolute Gasteiger partial charge is 0.262 e. The number of nitrogens with one attached hydrogen (secondary N) is 1. The number of nitro groups is 1. The van der Waals surface area contributed by atoms with E-state index in [-0.39, 0.29) is 9.92 Å². The molecular weight excluding hydrogens is 272 g/mol. The van der Waals surface area contributed by atoms with Gasteiger partial charge in [0.1, 0.15) is 5.82 Å². The average Bonchev–Trinajstić information content (AvgIpc) is 2.92. The van der Waals surface area contributed by atoms with Crippen molar-refractivity contribution in [2.75, 3.05) is 0 Å². The lowest BCUT2D eigenvalue weighted by atomic mass is 10.4. The fourth-order valence-electron chi connectivity index (χ4n) is 1.54. The molecule has 0 bridgehead atoms. The van der Waals surface area contributed by atoms with Gasteiger partial charge >= 0.3 is 5.00 Å². The fraction of sp³-hybridized carbons (Fsp3) is 0.400. The van der Waals surface area contributed by atoms with Gasteiger partial charge in [0.15, 0.2) is 0 Å². The first-order chi connectivity index (χ1) is 8.72. The zero-order chi connectivity index (χ0) is 12.5. The van der Waals surface area contributed by atoms with Gasteiger partial charge in [-0.05, 0) is 18.4 Å². The van der Waals surface area contributed by atoms with Crippen molar-refractivity contribution >= 4 is 28.1 Å². The van der Waals surface area contributed by atoms with Crippen LogP contribution in [0.2, 0.25) is 0 Å². The van der Waals surface area contributed by atoms with Crippen LogP contribution in [0.15, 0.2) is 16.6 Å². The van der Waals surface area contributed by atoms with E-state index in [1.54, 1.807) is 11.4 Å². The van der Waals surface area contributed by atoms with Crippen LogP contribution in [0.25, 0.3) is 0 Å². The van der Waals surface area contributed by atoms with Gasteiger partial charge in [0.05, 0.1) is 4.92 Å². The van der Waals surface area contributed by atoms with Crippen LogP contribution in [0.5, 0.6) is 0 Å². The zero-order valence-corrected chi connectivity index (χ0v) is 11.0. The van der Waals surface area contributed by atoms with E-state index in [4.69, 9.17) is 0 Å². The molecule has 1 aliphatic rings. The Morgan fingerprint density at radius 1 is 1.61 bits per heavy atom. The van der Waals surface area contributed by atoms with Crippen LogP contribution < -0.4 is 0 Å². The molecule has 1 saturated carbocycles. The minimum Gasteiger partial charge on any atom is -0.262 e. The van der Waals surface area contributed by atoms with E-state index < -0.39 is 0 Å². The van der Waals surface area contributed by atoms with Crippen molar-refractivity contribution in [2.24, 2.45) is 0 Å². The van der Waals surface area contributed by atoms with Gasteiger partial charge in [-0.15, -0.1) is 5.10 Å². The molecule has 1 N–H and O–H groups in total. The van der Waals surface area contributed by atoms with Gasteiger partial charge in [0, 0.05) is 23.1 Å². The maximum absolute atomic E-state index is 10.6. The molecule has 0 saturated heterocycles. The Bertz CT molecular complexity index is 576. The van der Waals surface area contributed by atoms with Gasteiger partial charge in [-0.3, -0.25) is 15.2 Å². The molecular formula is C10H10N4O2S2. The number of aromatic amines is 1. The minimum atomic E-state index is -0.364. The summed E-state index contributed by atoms with van der Waals surface area (Å²) in [6.07, 6.45) is 2.38. The summed E-state index contributed by atoms with van der Waals surface area (Å²) in [7, 11) is 0. The molecule has 0 amide bonds. The third-order valence-corrected chi connectivity index (χ3v) is 4.48. The summed E-state index contributed by atoms with van der Waals surface area (Å²) in [5.74, 6) is 2.19. The molecule has 1 aliphatic carbocycles. The summed E-state index contributed by atoms with van der Waals surface area (Å²) in [5, 5.41) is 20.3. The Hall–Kier alpha value is -1.41. The summed E-state index contributed by atoms with van der Waals surface area (Å²) in [5.41, 5.74) is 0.939. The normalized spacial score (nSPS) is 14.9. The Morgan fingerprint density at radius 2 is 2.44 bits per heavy atom. The van der Waals surface area contributed by atoms with Crippen LogP contribution >= 0.6 is 23.1 Å². The van der Waals surface area contributed by atoms with Gasteiger partial charge in [0.25, 0.3) is 0 Å². The summed E-state index contributed by atoms with van der Waals surface area (Å²) in [4.78, 5) is 14.6. The van der Waals surface area contributed by atoms with Gasteiger partial charge in [-0.1, -0.05) is 23.1 Å². The van der Waals surface area contributed by atoms with Crippen molar-refractivity contribution in [2.45, 2.75) is 29.7 Å². The van der Waals surface area contributed by atoms with E-state index in [9.17, 15) is 10.1 Å². The monoisotopic (exact) mass is 282 g/mol. The Labute approximate surface area is 111 Å². The minimum absolute atomic E-state index is 0.180. The topological polar surface area (TPSA) is 84.7 Å². The molecule has 6 nitrogen and oxygen atoms in total. The number of hydrogen-bond acceptors (Lipinski definition) is 6. The number of nitrogens with zero attached hydrogens (tertiary/aromatic N) is 3. The predicted molar refractivity (Wildman–Crippen MR) is 68.9 cm³/mol. The largest absolute Gasteiger partial charge is 0.324 e. The second-order valence-electron chi connectivity index (χ2n) is 4.12. The summed E-state index contributed by atoms with van der Waals surface area (Å²) in [6.45, 7) is 0. The van der Waals surface area contributed by atoms with Crippen LogP contribution in [-0.2, 0) is 5.75 Å². The standard InChI is InChI=1S/C10H10N4O2S2/c15-14(16)8-3-6(4-17-8)5-18-10-11-9(12-13-10)7-1-2-7/h3-4,7H,1-2,5H2,(H,11,12,13). The molecule has 0 aromatic carbocycles. The van der Waals surface area contributed by atoms with Gasteiger partial charge < -0.3 is 0 Å². The van der Waals surface area contributed by atoms with E-state index in [1.165, 1.54) is 24.6 Å². The maximum Gasteiger partial charge on any atom is 0.324 e. The quantitative estimate of drug-likeness (QED) is 0.517. The van der Waals surface area contributed by atoms with Crippen molar-refractivity contribution in [3.63, 3.8) is 0 Å². The third kappa shape index (κ3) is 2.54. The van der Waals surface area contributed by atoms with Crippen molar-refractivity contribution in [1.82, 2.24) is 15.2 Å². The number of rotatable bonds is 5. The fourth-order valence-corrected chi connectivity index (χ4v) is 3.11. The maximum atomic E-state index is 10.6. The highest BCUT2D eigenvalue weighted by Crippen LogP contribution is 2.38. The molecule has 8 heteroatoms. The van der Waals surface area contributed by atoms with Crippen molar-refractivity contribution < 1.29 is 4.92 Å². The first-order valence-corrected chi connectivity index (χ1v) is 7.36. The van der Waals surface area contributed by atoms with Crippen LogP contribution in [0.4, 0.5) is 5.00 Å². The molecule has 0 spiro atoms. The molecule has 1 fully saturated rings. The van der Waals surface area contributed by atoms with Crippen molar-refractivity contribution in [3.05, 3.63) is 32.9 Å². The first kappa shape index (κ1) is 11.7. The second kappa shape index (κ2) is 4.69. The Kier molecular flexibility index (Phi) is 3.04. The van der Waals surface area contributed by atoms with E-state index >= 15 is 0 Å². The summed E-state index contributed by atoms with van der Waals surface area (Å²) >= 11 is 2.65. The van der Waals surface area contributed by atoms with E-state index in [2.05, 4.69) is 15.2 Å². The number of thioether (sulfide) groups is 1. The van der Waals surface area contributed by atoms with Gasteiger partial charge in [0.2, 0.25) is 5.16 Å². The molecule has 0 radical (unpaired) electrons. The van der Waals surface area contributed by atoms with E-state index in [0.717, 1.165) is 22.7 Å². The number of hydrogen-bond donors (Lipinski definition) is 1. The molecule has 2 aromatic rings. The SMILES string of the molecule is O=[N+]([O-])c1cc(CSc2n[nH]c(C3CC3)n2)cs1. The lowest BCUT2D eigenvalue weighted by Crippen LogP contribution is -1.83. The van der Waals surface area contributed by atoms with Crippen LogP contribution in [0.1, 0.15) is 30.1 Å². The molecule has 0 unspecified atom stereocenters. The number of aromatic nitrogens is 3. The van der Waals surface area contributed by atoms with Crippen LogP contribution in [-0.4, -0.2) is 20.1 Å². The van der Waals surface area contributed by atoms with Crippen molar-refractivity contribution in [3.8, 4) is 0 Å². The molecule has 94 valence electrons. The van der Waals surface area contributed by atoms with Gasteiger partial charge in [-0.25, -0.2) is 4.98 Å². The summed E-state index contributed by atoms with van der Waals surface area (Å²) in [6, 6.07) is 1.60. The van der Waals surface area contributed by atoms with Crippen LogP contribution in [0, 0.1) is 10.1 Å². The number of H-pyrrole nitrogens is 1. The summed E-state index contributed by atoms with van der Waals surface area (Å²) < 4.78 is 0. The first-order valence-electron chi connectivity index (χ1n) is 5.49. The molecule has 18 heavy (non-hydrogen) atoms. The molecule has 0 aliphatic heterocycles. The zero-order valence-electron chi connectivity index (χ0n) is 9.33. The number of thiophene rings is 1. The van der Waals surface area contributed by atoms with Crippen molar-refractivity contribution in [1.29, 1.82) is 0 Å². The van der Waals surface area contributed by atoms with Gasteiger partial charge in [-0.2, -0.15) is 0 Å². The predicted octanol–water partition coefficient (Wildman–Crippen LogP) is 2.94. The van der Waals surface area contributed by atoms with Crippen LogP contribution in [0.3, 0.4) is 0 Å². The lowest BCUT2D eigenvalue weighted by molar-refractivity contribution is -0.380. The molecule has 3 rings (SSSR count). The highest BCUT2D eigenvalue weighted by molar-refractivity contribution is 7.98.